The molecule has 0 spiro atoms. The number of fused-ring (bicyclic) bond motifs is 1. The number of amides is 1. The van der Waals surface area contributed by atoms with E-state index in [1.54, 1.807) is 7.11 Å². The van der Waals surface area contributed by atoms with Crippen LogP contribution in [0.4, 0.5) is 0 Å². The van der Waals surface area contributed by atoms with E-state index in [4.69, 9.17) is 4.74 Å². The number of ether oxygens (including phenoxy) is 1. The van der Waals surface area contributed by atoms with Gasteiger partial charge in [-0.25, -0.2) is 0 Å². The normalized spacial score (nSPS) is 25.8. The maximum atomic E-state index is 12.8. The number of aromatic nitrogens is 2. The third kappa shape index (κ3) is 3.79. The number of benzene rings is 1. The zero-order valence-corrected chi connectivity index (χ0v) is 18.1. The van der Waals surface area contributed by atoms with Crippen LogP contribution in [0.3, 0.4) is 0 Å². The number of carbonyl (C=O) groups is 1. The van der Waals surface area contributed by atoms with Crippen molar-refractivity contribution in [2.75, 3.05) is 7.11 Å². The van der Waals surface area contributed by atoms with Gasteiger partial charge in [0.25, 0.3) is 0 Å². The molecule has 2 aliphatic rings. The molecule has 4 atom stereocenters. The number of methoxy groups -OCH3 is 1. The molecule has 0 bridgehead atoms. The number of nitrogens with zero attached hydrogens (tertiary/aromatic N) is 2. The standard InChI is InChI=1S/C24H33N3O2/c1-15-16(2)26-27(17(15)3)14-13-22(28)25-24-21-8-6-5-7-20(21)23(24)18-9-11-19(29-4)12-10-18/h9-12,20-21,23-24H,5-8,13-14H2,1-4H3,(H,25,28)/t20-,21-,23-,24-/m0/s1. The second-order valence-corrected chi connectivity index (χ2v) is 8.77. The first-order chi connectivity index (χ1) is 14.0. The van der Waals surface area contributed by atoms with Crippen molar-refractivity contribution in [1.82, 2.24) is 15.1 Å². The van der Waals surface area contributed by atoms with Gasteiger partial charge in [0.2, 0.25) is 5.91 Å². The lowest BCUT2D eigenvalue weighted by Crippen LogP contribution is -2.59. The van der Waals surface area contributed by atoms with Crippen LogP contribution in [0.25, 0.3) is 0 Å². The summed E-state index contributed by atoms with van der Waals surface area (Å²) >= 11 is 0. The van der Waals surface area contributed by atoms with E-state index in [1.165, 1.54) is 36.8 Å². The Balaban J connectivity index is 1.43. The van der Waals surface area contributed by atoms with Gasteiger partial charge < -0.3 is 10.1 Å². The predicted molar refractivity (Wildman–Crippen MR) is 114 cm³/mol. The van der Waals surface area contributed by atoms with Crippen LogP contribution in [0.15, 0.2) is 24.3 Å². The molecule has 0 unspecified atom stereocenters. The Labute approximate surface area is 173 Å². The average molecular weight is 396 g/mol. The Morgan fingerprint density at radius 1 is 1.14 bits per heavy atom. The molecule has 2 saturated carbocycles. The number of aryl methyl sites for hydroxylation is 2. The fourth-order valence-electron chi connectivity index (χ4n) is 5.41. The third-order valence-corrected chi connectivity index (χ3v) is 7.31. The van der Waals surface area contributed by atoms with Crippen molar-refractivity contribution < 1.29 is 9.53 Å². The molecule has 5 nitrogen and oxygen atoms in total. The largest absolute Gasteiger partial charge is 0.497 e. The summed E-state index contributed by atoms with van der Waals surface area (Å²) in [5.41, 5.74) is 4.75. The molecule has 0 aliphatic heterocycles. The quantitative estimate of drug-likeness (QED) is 0.794. The van der Waals surface area contributed by atoms with Crippen molar-refractivity contribution >= 4 is 5.91 Å². The highest BCUT2D eigenvalue weighted by Crippen LogP contribution is 2.54. The lowest BCUT2D eigenvalue weighted by molar-refractivity contribution is -0.125. The summed E-state index contributed by atoms with van der Waals surface area (Å²) in [5, 5.41) is 7.96. The van der Waals surface area contributed by atoms with Crippen molar-refractivity contribution in [3.8, 4) is 5.75 Å². The summed E-state index contributed by atoms with van der Waals surface area (Å²) in [7, 11) is 1.70. The Morgan fingerprint density at radius 2 is 1.83 bits per heavy atom. The van der Waals surface area contributed by atoms with Crippen LogP contribution in [-0.4, -0.2) is 28.8 Å². The molecule has 0 radical (unpaired) electrons. The summed E-state index contributed by atoms with van der Waals surface area (Å²) in [5.74, 6) is 2.76. The smallest absolute Gasteiger partial charge is 0.222 e. The molecular weight excluding hydrogens is 362 g/mol. The first kappa shape index (κ1) is 20.0. The number of carbonyl (C=O) groups excluding carboxylic acids is 1. The fourth-order valence-corrected chi connectivity index (χ4v) is 5.41. The molecule has 2 aromatic rings. The highest BCUT2D eigenvalue weighted by atomic mass is 16.5. The average Bonchev–Trinajstić information content (AvgIpc) is 2.98. The van der Waals surface area contributed by atoms with Crippen LogP contribution in [0.1, 0.15) is 60.5 Å². The van der Waals surface area contributed by atoms with E-state index in [0.29, 0.717) is 30.7 Å². The van der Waals surface area contributed by atoms with Gasteiger partial charge in [0.1, 0.15) is 5.75 Å². The Morgan fingerprint density at radius 3 is 2.45 bits per heavy atom. The van der Waals surface area contributed by atoms with Crippen LogP contribution in [-0.2, 0) is 11.3 Å². The minimum absolute atomic E-state index is 0.141. The predicted octanol–water partition coefficient (Wildman–Crippen LogP) is 4.30. The molecule has 1 heterocycles. The SMILES string of the molecule is COc1ccc([C@H]2[C@H]3CCCC[C@@H]3[C@@H]2NC(=O)CCn2nc(C)c(C)c2C)cc1. The minimum atomic E-state index is 0.141. The lowest BCUT2D eigenvalue weighted by atomic mass is 9.53. The maximum absolute atomic E-state index is 12.8. The van der Waals surface area contributed by atoms with E-state index in [0.717, 1.165) is 17.1 Å². The molecule has 4 rings (SSSR count). The van der Waals surface area contributed by atoms with Gasteiger partial charge in [-0.15, -0.1) is 0 Å². The highest BCUT2D eigenvalue weighted by Gasteiger charge is 2.51. The van der Waals surface area contributed by atoms with E-state index in [9.17, 15) is 4.79 Å². The van der Waals surface area contributed by atoms with Gasteiger partial charge in [0, 0.05) is 30.6 Å². The van der Waals surface area contributed by atoms with Crippen LogP contribution in [0.2, 0.25) is 0 Å². The number of hydrogen-bond donors (Lipinski definition) is 1. The molecule has 1 aromatic carbocycles. The van der Waals surface area contributed by atoms with Gasteiger partial charge in [-0.1, -0.05) is 25.0 Å². The third-order valence-electron chi connectivity index (χ3n) is 7.31. The zero-order valence-electron chi connectivity index (χ0n) is 18.1. The second-order valence-electron chi connectivity index (χ2n) is 8.77. The zero-order chi connectivity index (χ0) is 20.5. The Kier molecular flexibility index (Phi) is 5.66. The molecule has 2 fully saturated rings. The number of hydrogen-bond acceptors (Lipinski definition) is 3. The first-order valence-electron chi connectivity index (χ1n) is 10.9. The maximum Gasteiger partial charge on any atom is 0.222 e. The Bertz CT molecular complexity index is 871. The van der Waals surface area contributed by atoms with Crippen molar-refractivity contribution in [3.63, 3.8) is 0 Å². The monoisotopic (exact) mass is 395 g/mol. The second kappa shape index (κ2) is 8.21. The van der Waals surface area contributed by atoms with Crippen molar-refractivity contribution in [1.29, 1.82) is 0 Å². The highest BCUT2D eigenvalue weighted by molar-refractivity contribution is 5.76. The first-order valence-corrected chi connectivity index (χ1v) is 10.9. The summed E-state index contributed by atoms with van der Waals surface area (Å²) < 4.78 is 7.28. The molecule has 1 N–H and O–H groups in total. The van der Waals surface area contributed by atoms with Crippen LogP contribution >= 0.6 is 0 Å². The number of nitrogens with one attached hydrogen (secondary N) is 1. The molecule has 5 heteroatoms. The van der Waals surface area contributed by atoms with E-state index >= 15 is 0 Å². The van der Waals surface area contributed by atoms with E-state index in [2.05, 4.69) is 36.4 Å². The van der Waals surface area contributed by atoms with Gasteiger partial charge in [-0.2, -0.15) is 5.10 Å². The minimum Gasteiger partial charge on any atom is -0.497 e. The summed E-state index contributed by atoms with van der Waals surface area (Å²) in [4.78, 5) is 12.8. The molecular formula is C24H33N3O2. The van der Waals surface area contributed by atoms with Gasteiger partial charge in [-0.3, -0.25) is 9.48 Å². The Hall–Kier alpha value is -2.30. The molecule has 29 heavy (non-hydrogen) atoms. The van der Waals surface area contributed by atoms with Crippen LogP contribution in [0.5, 0.6) is 5.75 Å². The van der Waals surface area contributed by atoms with Gasteiger partial charge >= 0.3 is 0 Å². The van der Waals surface area contributed by atoms with Crippen LogP contribution < -0.4 is 10.1 Å². The van der Waals surface area contributed by atoms with Crippen molar-refractivity contribution in [3.05, 3.63) is 46.8 Å². The number of rotatable bonds is 6. The van der Waals surface area contributed by atoms with Gasteiger partial charge in [0.05, 0.1) is 12.8 Å². The summed E-state index contributed by atoms with van der Waals surface area (Å²) in [6.07, 6.45) is 5.59. The molecule has 156 valence electrons. The van der Waals surface area contributed by atoms with E-state index < -0.39 is 0 Å². The van der Waals surface area contributed by atoms with Crippen molar-refractivity contribution in [2.45, 2.75) is 71.4 Å². The fraction of sp³-hybridized carbons (Fsp3) is 0.583. The lowest BCUT2D eigenvalue weighted by Gasteiger charge is -2.55. The summed E-state index contributed by atoms with van der Waals surface area (Å²) in [6.45, 7) is 6.83. The van der Waals surface area contributed by atoms with E-state index in [1.807, 2.05) is 23.7 Å². The topological polar surface area (TPSA) is 56.1 Å². The molecule has 0 saturated heterocycles. The molecule has 1 amide bonds. The van der Waals surface area contributed by atoms with Crippen molar-refractivity contribution in [2.24, 2.45) is 11.8 Å². The molecule has 1 aromatic heterocycles. The van der Waals surface area contributed by atoms with E-state index in [-0.39, 0.29) is 11.9 Å². The van der Waals surface area contributed by atoms with Gasteiger partial charge in [0.15, 0.2) is 0 Å². The summed E-state index contributed by atoms with van der Waals surface area (Å²) in [6, 6.07) is 8.67. The molecule has 2 aliphatic carbocycles. The van der Waals surface area contributed by atoms with Gasteiger partial charge in [-0.05, 0) is 68.7 Å². The van der Waals surface area contributed by atoms with Crippen LogP contribution in [0, 0.1) is 32.6 Å².